The molecule has 0 aromatic rings. The molecule has 0 heterocycles. The summed E-state index contributed by atoms with van der Waals surface area (Å²) in [7, 11) is 0. The zero-order chi connectivity index (χ0) is 0. The predicted octanol–water partition coefficient (Wildman–Crippen LogP) is -7.14. The molecular formula is H18FeNO9. The van der Waals surface area contributed by atoms with Crippen LogP contribution < -0.4 is 0 Å². The molecule has 0 spiro atoms. The van der Waals surface area contributed by atoms with Crippen LogP contribution in [0.5, 0.6) is 0 Å². The van der Waals surface area contributed by atoms with Gasteiger partial charge in [-0.1, -0.05) is 0 Å². The predicted molar refractivity (Wildman–Crippen MR) is 35.9 cm³/mol. The van der Waals surface area contributed by atoms with E-state index < -0.39 is 0 Å². The Bertz CT molecular complexity index is 9.52. The van der Waals surface area contributed by atoms with Crippen molar-refractivity contribution in [3.05, 3.63) is 6.15 Å². The molecule has 0 aliphatic carbocycles. The maximum absolute atomic E-state index is 0. The van der Waals surface area contributed by atoms with Crippen molar-refractivity contribution in [1.29, 1.82) is 0 Å². The molecule has 0 aromatic heterocycles. The Morgan fingerprint density at radius 2 is 0.273 bits per heavy atom. The average Bonchev–Trinajstić information content (AvgIpc) is 0. The first-order chi connectivity index (χ1) is 0. The maximum Gasteiger partial charge on any atom is 3.00 e. The van der Waals surface area contributed by atoms with Gasteiger partial charge in [-0.2, -0.15) is 0 Å². The third-order valence-corrected chi connectivity index (χ3v) is 0. The molecule has 11 heteroatoms. The molecule has 0 bridgehead atoms. The molecule has 0 rings (SSSR count). The van der Waals surface area contributed by atoms with E-state index in [-0.39, 0.29) is 72.5 Å². The van der Waals surface area contributed by atoms with Crippen LogP contribution in [-0.2, 0) is 17.1 Å². The van der Waals surface area contributed by atoms with Gasteiger partial charge >= 0.3 is 17.1 Å². The largest absolute Gasteiger partial charge is 3.00 e. The Labute approximate surface area is 73.4 Å². The molecule has 0 saturated carbocycles. The van der Waals surface area contributed by atoms with Gasteiger partial charge in [-0.15, -0.1) is 0 Å². The van der Waals surface area contributed by atoms with E-state index in [2.05, 4.69) is 0 Å². The van der Waals surface area contributed by atoms with E-state index in [1.807, 2.05) is 0 Å². The van der Waals surface area contributed by atoms with Crippen molar-refractivity contribution in [2.75, 3.05) is 0 Å². The fourth-order valence-corrected chi connectivity index (χ4v) is 0. The monoisotopic (exact) mass is 232 g/mol. The fourth-order valence-electron chi connectivity index (χ4n) is 0. The van der Waals surface area contributed by atoms with Crippen LogP contribution in [-0.4, -0.2) is 49.3 Å². The van der Waals surface area contributed by atoms with E-state index in [1.165, 1.54) is 0 Å². The molecule has 85 valence electrons. The normalized spacial score (nSPS) is 0. The summed E-state index contributed by atoms with van der Waals surface area (Å²) in [5.41, 5.74) is 0. The molecule has 0 fully saturated rings. The van der Waals surface area contributed by atoms with Crippen LogP contribution in [0.2, 0.25) is 0 Å². The van der Waals surface area contributed by atoms with Crippen LogP contribution in [0.4, 0.5) is 0 Å². The fraction of sp³-hybridized carbons (Fsp3) is 0. The minimum absolute atomic E-state index is 0. The first-order valence-corrected chi connectivity index (χ1v) is 0. The van der Waals surface area contributed by atoms with E-state index >= 15 is 0 Å². The van der Waals surface area contributed by atoms with Gasteiger partial charge in [0.1, 0.15) is 0 Å². The van der Waals surface area contributed by atoms with Crippen molar-refractivity contribution in [2.24, 2.45) is 0 Å². The van der Waals surface area contributed by atoms with Gasteiger partial charge in [-0.3, -0.25) is 0 Å². The maximum atomic E-state index is 0. The Kier molecular flexibility index (Phi) is 427000000. The van der Waals surface area contributed by atoms with Crippen LogP contribution in [0.1, 0.15) is 0 Å². The van der Waals surface area contributed by atoms with Crippen molar-refractivity contribution in [1.82, 2.24) is 0 Å². The smallest absolute Gasteiger partial charge is 3.00 e. The van der Waals surface area contributed by atoms with Crippen LogP contribution in [0.15, 0.2) is 0 Å². The molecule has 0 aliphatic heterocycles. The molecule has 1 radical (unpaired) electrons. The molecule has 11 heavy (non-hydrogen) atoms. The number of nitrogens with zero attached hydrogens (tertiary/aromatic N) is 1. The number of rotatable bonds is 0. The van der Waals surface area contributed by atoms with E-state index in [0.29, 0.717) is 0 Å². The second kappa shape index (κ2) is 59000. The van der Waals surface area contributed by atoms with Crippen LogP contribution in [0, 0.1) is 0 Å². The molecule has 18 N–H and O–H groups in total. The summed E-state index contributed by atoms with van der Waals surface area (Å²) in [4.78, 5) is 0. The van der Waals surface area contributed by atoms with Gasteiger partial charge in [0.2, 0.25) is 0 Å². The molecule has 0 amide bonds. The molecule has 0 aliphatic rings. The SMILES string of the molecule is O.O.O.O.O.O.O.O.O.[Fe+3].[N-3]. The van der Waals surface area contributed by atoms with Gasteiger partial charge in [0.25, 0.3) is 0 Å². The summed E-state index contributed by atoms with van der Waals surface area (Å²) >= 11 is 0. The Balaban J connectivity index is 0. The van der Waals surface area contributed by atoms with Gasteiger partial charge in [0.15, 0.2) is 0 Å². The topological polar surface area (TPSA) is 314 Å². The minimum atomic E-state index is 0. The first kappa shape index (κ1) is 79800. The summed E-state index contributed by atoms with van der Waals surface area (Å²) in [6.45, 7) is 0. The summed E-state index contributed by atoms with van der Waals surface area (Å²) in [6, 6.07) is 0. The Morgan fingerprint density at radius 1 is 0.273 bits per heavy atom. The first-order valence-electron chi connectivity index (χ1n) is 0. The van der Waals surface area contributed by atoms with Gasteiger partial charge in [-0.05, 0) is 0 Å². The van der Waals surface area contributed by atoms with Gasteiger partial charge < -0.3 is 55.4 Å². The minimum Gasteiger partial charge on any atom is -3.00 e. The molecule has 0 unspecified atom stereocenters. The second-order valence-electron chi connectivity index (χ2n) is 0. The van der Waals surface area contributed by atoms with Gasteiger partial charge in [0, 0.05) is 0 Å². The van der Waals surface area contributed by atoms with Crippen molar-refractivity contribution < 1.29 is 66.4 Å². The van der Waals surface area contributed by atoms with E-state index in [4.69, 9.17) is 0 Å². The molecule has 10 nitrogen and oxygen atoms in total. The standard InChI is InChI=1S/Fe.N.9H2O/h;;9*1H2/q+3;-3;;;;;;;;;. The van der Waals surface area contributed by atoms with E-state index in [0.717, 1.165) is 0 Å². The molecule has 0 atom stereocenters. The third kappa shape index (κ3) is 46700. The van der Waals surface area contributed by atoms with Gasteiger partial charge in [0.05, 0.1) is 0 Å². The second-order valence-corrected chi connectivity index (χ2v) is 0. The number of hydrogen-bond donors (Lipinski definition) is 0. The van der Waals surface area contributed by atoms with E-state index in [1.54, 1.807) is 0 Å². The van der Waals surface area contributed by atoms with Crippen LogP contribution in [0.25, 0.3) is 6.15 Å². The van der Waals surface area contributed by atoms with Gasteiger partial charge in [-0.25, -0.2) is 0 Å². The molecule has 0 saturated heterocycles. The zero-order valence-corrected chi connectivity index (χ0v) is 6.40. The number of hydrogen-bond acceptors (Lipinski definition) is 0. The summed E-state index contributed by atoms with van der Waals surface area (Å²) in [6.07, 6.45) is 0. The molecular weight excluding hydrogens is 214 g/mol. The van der Waals surface area contributed by atoms with E-state index in [9.17, 15) is 0 Å². The third-order valence-electron chi connectivity index (χ3n) is 0. The zero-order valence-electron chi connectivity index (χ0n) is 5.30. The molecule has 0 aromatic carbocycles. The van der Waals surface area contributed by atoms with Crippen molar-refractivity contribution in [2.45, 2.75) is 0 Å². The average molecular weight is 232 g/mol. The Morgan fingerprint density at radius 3 is 0.273 bits per heavy atom. The van der Waals surface area contributed by atoms with Crippen molar-refractivity contribution >= 4 is 0 Å². The quantitative estimate of drug-likeness (QED) is 0.351. The van der Waals surface area contributed by atoms with Crippen LogP contribution >= 0.6 is 0 Å². The van der Waals surface area contributed by atoms with Crippen molar-refractivity contribution in [3.63, 3.8) is 0 Å². The van der Waals surface area contributed by atoms with Crippen LogP contribution in [0.3, 0.4) is 0 Å². The summed E-state index contributed by atoms with van der Waals surface area (Å²) in [5.74, 6) is 0. The Hall–Kier alpha value is 0.119. The summed E-state index contributed by atoms with van der Waals surface area (Å²) < 4.78 is 0. The van der Waals surface area contributed by atoms with Crippen molar-refractivity contribution in [3.8, 4) is 0 Å². The summed E-state index contributed by atoms with van der Waals surface area (Å²) in [5, 5.41) is 0.